The summed E-state index contributed by atoms with van der Waals surface area (Å²) in [6.45, 7) is 5.26. The van der Waals surface area contributed by atoms with E-state index in [-0.39, 0.29) is 5.91 Å². The van der Waals surface area contributed by atoms with Gasteiger partial charge in [0.15, 0.2) is 5.58 Å². The molecule has 6 heteroatoms. The van der Waals surface area contributed by atoms with E-state index in [1.807, 2.05) is 54.3 Å². The van der Waals surface area contributed by atoms with E-state index >= 15 is 0 Å². The lowest BCUT2D eigenvalue weighted by molar-refractivity contribution is -0.132. The van der Waals surface area contributed by atoms with Gasteiger partial charge in [0.2, 0.25) is 11.8 Å². The molecular weight excluding hydrogens is 426 g/mol. The van der Waals surface area contributed by atoms with Gasteiger partial charge in [0.25, 0.3) is 5.91 Å². The topological polar surface area (TPSA) is 66.7 Å². The van der Waals surface area contributed by atoms with E-state index < -0.39 is 0 Å². The Kier molecular flexibility index (Phi) is 6.66. The smallest absolute Gasteiger partial charge is 0.253 e. The van der Waals surface area contributed by atoms with Gasteiger partial charge in [-0.15, -0.1) is 0 Å². The first-order chi connectivity index (χ1) is 16.6. The van der Waals surface area contributed by atoms with Gasteiger partial charge >= 0.3 is 0 Å². The molecular formula is C28H33N3O3. The van der Waals surface area contributed by atoms with Gasteiger partial charge in [-0.1, -0.05) is 30.5 Å². The summed E-state index contributed by atoms with van der Waals surface area (Å²) >= 11 is 0. The van der Waals surface area contributed by atoms with Crippen molar-refractivity contribution in [1.82, 2.24) is 14.8 Å². The third kappa shape index (κ3) is 5.01. The Morgan fingerprint density at radius 1 is 0.912 bits per heavy atom. The number of hydrogen-bond acceptors (Lipinski definition) is 4. The van der Waals surface area contributed by atoms with Gasteiger partial charge in [-0.3, -0.25) is 9.59 Å². The zero-order chi connectivity index (χ0) is 23.5. The van der Waals surface area contributed by atoms with Crippen LogP contribution < -0.4 is 0 Å². The van der Waals surface area contributed by atoms with Crippen molar-refractivity contribution >= 4 is 22.9 Å². The van der Waals surface area contributed by atoms with Crippen molar-refractivity contribution in [2.24, 2.45) is 5.92 Å². The predicted molar refractivity (Wildman–Crippen MR) is 132 cm³/mol. The lowest BCUT2D eigenvalue weighted by Crippen LogP contribution is -2.40. The number of fused-ring (bicyclic) bond motifs is 1. The highest BCUT2D eigenvalue weighted by molar-refractivity contribution is 5.97. The second-order valence-corrected chi connectivity index (χ2v) is 9.80. The fourth-order valence-corrected chi connectivity index (χ4v) is 5.10. The fourth-order valence-electron chi connectivity index (χ4n) is 5.10. The van der Waals surface area contributed by atoms with Crippen molar-refractivity contribution in [2.75, 3.05) is 26.2 Å². The zero-order valence-electron chi connectivity index (χ0n) is 20.0. The van der Waals surface area contributed by atoms with Crippen LogP contribution in [0.25, 0.3) is 22.6 Å². The van der Waals surface area contributed by atoms with Crippen molar-refractivity contribution in [3.05, 3.63) is 53.6 Å². The van der Waals surface area contributed by atoms with Crippen LogP contribution in [0.3, 0.4) is 0 Å². The maximum absolute atomic E-state index is 13.2. The van der Waals surface area contributed by atoms with Crippen molar-refractivity contribution < 1.29 is 14.0 Å². The number of piperidine rings is 1. The van der Waals surface area contributed by atoms with Gasteiger partial charge < -0.3 is 14.2 Å². The molecule has 1 aromatic heterocycles. The number of likely N-dealkylation sites (tertiary alicyclic amines) is 2. The zero-order valence-corrected chi connectivity index (χ0v) is 20.0. The van der Waals surface area contributed by atoms with Crippen molar-refractivity contribution in [3.63, 3.8) is 0 Å². The summed E-state index contributed by atoms with van der Waals surface area (Å²) in [5.74, 6) is 1.26. The number of benzene rings is 2. The average molecular weight is 460 g/mol. The van der Waals surface area contributed by atoms with E-state index in [2.05, 4.69) is 9.88 Å². The Morgan fingerprint density at radius 3 is 2.32 bits per heavy atom. The number of amides is 2. The maximum Gasteiger partial charge on any atom is 0.253 e. The molecule has 2 aliphatic rings. The Morgan fingerprint density at radius 2 is 1.62 bits per heavy atom. The molecule has 2 aliphatic heterocycles. The van der Waals surface area contributed by atoms with Crippen LogP contribution in [-0.2, 0) is 4.79 Å². The predicted octanol–water partition coefficient (Wildman–Crippen LogP) is 5.45. The number of aromatic nitrogens is 1. The molecule has 0 radical (unpaired) electrons. The van der Waals surface area contributed by atoms with Gasteiger partial charge in [-0.2, -0.15) is 0 Å². The lowest BCUT2D eigenvalue weighted by atomic mass is 9.92. The number of carbonyl (C=O) groups is 2. The van der Waals surface area contributed by atoms with E-state index in [1.165, 1.54) is 18.4 Å². The van der Waals surface area contributed by atoms with Crippen LogP contribution in [0, 0.1) is 12.8 Å². The molecule has 0 N–H and O–H groups in total. The first kappa shape index (κ1) is 22.6. The summed E-state index contributed by atoms with van der Waals surface area (Å²) in [4.78, 5) is 34.5. The van der Waals surface area contributed by atoms with E-state index in [1.54, 1.807) is 0 Å². The third-order valence-corrected chi connectivity index (χ3v) is 7.26. The molecule has 178 valence electrons. The highest BCUT2D eigenvalue weighted by Gasteiger charge is 2.27. The molecule has 2 fully saturated rings. The number of oxazole rings is 1. The number of rotatable bonds is 4. The summed E-state index contributed by atoms with van der Waals surface area (Å²) in [7, 11) is 0. The van der Waals surface area contributed by atoms with E-state index in [4.69, 9.17) is 4.42 Å². The molecule has 3 aromatic rings. The second-order valence-electron chi connectivity index (χ2n) is 9.80. The molecule has 6 nitrogen and oxygen atoms in total. The van der Waals surface area contributed by atoms with Gasteiger partial charge in [-0.05, 0) is 68.9 Å². The van der Waals surface area contributed by atoms with Crippen LogP contribution >= 0.6 is 0 Å². The summed E-state index contributed by atoms with van der Waals surface area (Å²) in [6.07, 6.45) is 7.11. The average Bonchev–Trinajstić information content (AvgIpc) is 3.09. The summed E-state index contributed by atoms with van der Waals surface area (Å²) in [5.41, 5.74) is 4.11. The van der Waals surface area contributed by atoms with Crippen LogP contribution in [0.5, 0.6) is 0 Å². The van der Waals surface area contributed by atoms with Crippen LogP contribution in [0.15, 0.2) is 46.9 Å². The molecule has 3 heterocycles. The fraction of sp³-hybridized carbons (Fsp3) is 0.464. The van der Waals surface area contributed by atoms with Crippen molar-refractivity contribution in [3.8, 4) is 11.5 Å². The van der Waals surface area contributed by atoms with Gasteiger partial charge in [0.1, 0.15) is 5.52 Å². The molecule has 0 saturated carbocycles. The first-order valence-corrected chi connectivity index (χ1v) is 12.6. The van der Waals surface area contributed by atoms with Crippen molar-refractivity contribution in [2.45, 2.75) is 51.9 Å². The van der Waals surface area contributed by atoms with Crippen molar-refractivity contribution in [1.29, 1.82) is 0 Å². The maximum atomic E-state index is 13.2. The third-order valence-electron chi connectivity index (χ3n) is 7.26. The Labute approximate surface area is 200 Å². The Hall–Kier alpha value is -3.15. The molecule has 0 unspecified atom stereocenters. The van der Waals surface area contributed by atoms with Crippen LogP contribution in [0.4, 0.5) is 0 Å². The number of nitrogens with zero attached hydrogens (tertiary/aromatic N) is 3. The molecule has 0 aliphatic carbocycles. The molecule has 0 atom stereocenters. The highest BCUT2D eigenvalue weighted by atomic mass is 16.3. The lowest BCUT2D eigenvalue weighted by Gasteiger charge is -2.33. The molecule has 0 bridgehead atoms. The van der Waals surface area contributed by atoms with Crippen LogP contribution in [0.2, 0.25) is 0 Å². The number of carbonyl (C=O) groups excluding carboxylic acids is 2. The minimum absolute atomic E-state index is 0.0269. The van der Waals surface area contributed by atoms with Gasteiger partial charge in [-0.25, -0.2) is 4.98 Å². The van der Waals surface area contributed by atoms with E-state index in [0.29, 0.717) is 53.9 Å². The summed E-state index contributed by atoms with van der Waals surface area (Å²) in [6, 6.07) is 13.5. The molecule has 2 amide bonds. The standard InChI is InChI=1S/C28H33N3O3/c1-20-6-8-22(9-7-20)27-29-24-19-23(10-11-25(24)34-27)28(33)31-16-12-21(13-17-31)18-26(32)30-14-4-2-3-5-15-30/h6-11,19,21H,2-5,12-18H2,1H3. The largest absolute Gasteiger partial charge is 0.436 e. The quantitative estimate of drug-likeness (QED) is 0.520. The molecule has 5 rings (SSSR count). The summed E-state index contributed by atoms with van der Waals surface area (Å²) in [5, 5.41) is 0. The second kappa shape index (κ2) is 10.00. The normalized spacial score (nSPS) is 17.7. The van der Waals surface area contributed by atoms with Crippen LogP contribution in [-0.4, -0.2) is 52.8 Å². The van der Waals surface area contributed by atoms with Gasteiger partial charge in [0.05, 0.1) is 0 Å². The minimum Gasteiger partial charge on any atom is -0.436 e. The van der Waals surface area contributed by atoms with Gasteiger partial charge in [0, 0.05) is 43.7 Å². The monoisotopic (exact) mass is 459 g/mol. The first-order valence-electron chi connectivity index (χ1n) is 12.6. The number of aryl methyl sites for hydroxylation is 1. The Balaban J connectivity index is 1.20. The van der Waals surface area contributed by atoms with E-state index in [0.717, 1.165) is 44.3 Å². The molecule has 34 heavy (non-hydrogen) atoms. The molecule has 0 spiro atoms. The Bertz CT molecular complexity index is 1150. The number of hydrogen-bond donors (Lipinski definition) is 0. The highest BCUT2D eigenvalue weighted by Crippen LogP contribution is 2.27. The SMILES string of the molecule is Cc1ccc(-c2nc3cc(C(=O)N4CCC(CC(=O)N5CCCCCC5)CC4)ccc3o2)cc1. The molecule has 2 saturated heterocycles. The van der Waals surface area contributed by atoms with Crippen LogP contribution in [0.1, 0.15) is 60.9 Å². The van der Waals surface area contributed by atoms with E-state index in [9.17, 15) is 9.59 Å². The molecule has 2 aromatic carbocycles. The minimum atomic E-state index is 0.0269. The summed E-state index contributed by atoms with van der Waals surface area (Å²) < 4.78 is 5.91.